The summed E-state index contributed by atoms with van der Waals surface area (Å²) >= 11 is 0. The van der Waals surface area contributed by atoms with Gasteiger partial charge in [0, 0.05) is 12.4 Å². The van der Waals surface area contributed by atoms with E-state index in [1.54, 1.807) is 0 Å². The molecular weight excluding hydrogens is 168 g/mol. The minimum absolute atomic E-state index is 0. The van der Waals surface area contributed by atoms with Gasteiger partial charge in [-0.3, -0.25) is 0 Å². The molecular formula is C4H4CaO5. The molecule has 0 unspecified atom stereocenters. The van der Waals surface area contributed by atoms with E-state index in [0.29, 0.717) is 0 Å². The van der Waals surface area contributed by atoms with Crippen LogP contribution in [0, 0.1) is 0 Å². The van der Waals surface area contributed by atoms with Crippen LogP contribution in [0.5, 0.6) is 0 Å². The Morgan fingerprint density at radius 1 is 1.40 bits per heavy atom. The summed E-state index contributed by atoms with van der Waals surface area (Å²) in [4.78, 5) is 19.1. The largest absolute Gasteiger partial charge is 2.00 e. The van der Waals surface area contributed by atoms with Crippen LogP contribution in [-0.4, -0.2) is 60.9 Å². The van der Waals surface area contributed by atoms with Gasteiger partial charge in [0.2, 0.25) is 0 Å². The van der Waals surface area contributed by atoms with Gasteiger partial charge in [-0.25, -0.2) is 0 Å². The number of carboxylic acids is 2. The van der Waals surface area contributed by atoms with Gasteiger partial charge in [0.05, 0.1) is 12.1 Å². The molecule has 0 heterocycles. The molecule has 1 atom stereocenters. The first-order valence-corrected chi connectivity index (χ1v) is 2.13. The van der Waals surface area contributed by atoms with E-state index in [2.05, 4.69) is 0 Å². The van der Waals surface area contributed by atoms with Crippen LogP contribution in [0.15, 0.2) is 0 Å². The molecule has 0 saturated carbocycles. The first kappa shape index (κ1) is 12.8. The maximum absolute atomic E-state index is 9.58. The summed E-state index contributed by atoms with van der Waals surface area (Å²) in [5.74, 6) is -3.43. The van der Waals surface area contributed by atoms with Crippen molar-refractivity contribution in [1.82, 2.24) is 0 Å². The number of aliphatic carboxylic acids is 2. The first-order valence-electron chi connectivity index (χ1n) is 2.13. The second kappa shape index (κ2) is 5.91. The van der Waals surface area contributed by atoms with Crippen LogP contribution in [0.2, 0.25) is 0 Å². The van der Waals surface area contributed by atoms with Crippen LogP contribution >= 0.6 is 0 Å². The number of aliphatic hydroxyl groups excluding tert-OH is 1. The van der Waals surface area contributed by atoms with Gasteiger partial charge in [-0.05, 0) is 0 Å². The molecule has 0 saturated heterocycles. The van der Waals surface area contributed by atoms with E-state index >= 15 is 0 Å². The molecule has 52 valence electrons. The van der Waals surface area contributed by atoms with Gasteiger partial charge in [0.15, 0.2) is 0 Å². The number of carbonyl (C=O) groups excluding carboxylic acids is 2. The van der Waals surface area contributed by atoms with Crippen LogP contribution in [0.4, 0.5) is 0 Å². The molecule has 0 spiro atoms. The van der Waals surface area contributed by atoms with Crippen LogP contribution in [-0.2, 0) is 9.59 Å². The zero-order valence-electron chi connectivity index (χ0n) is 5.07. The first-order chi connectivity index (χ1) is 4.04. The Hall–Kier alpha value is 0.160. The molecule has 10 heavy (non-hydrogen) atoms. The number of carbonyl (C=O) groups is 2. The van der Waals surface area contributed by atoms with Crippen molar-refractivity contribution in [2.75, 3.05) is 0 Å². The van der Waals surface area contributed by atoms with Crippen molar-refractivity contribution < 1.29 is 24.9 Å². The third-order valence-corrected chi connectivity index (χ3v) is 0.632. The molecule has 5 nitrogen and oxygen atoms in total. The van der Waals surface area contributed by atoms with Gasteiger partial charge in [-0.1, -0.05) is 0 Å². The third-order valence-electron chi connectivity index (χ3n) is 0.632. The predicted molar refractivity (Wildman–Crippen MR) is 26.4 cm³/mol. The van der Waals surface area contributed by atoms with Gasteiger partial charge in [0.25, 0.3) is 0 Å². The smallest absolute Gasteiger partial charge is 0.550 e. The van der Waals surface area contributed by atoms with Gasteiger partial charge in [-0.2, -0.15) is 0 Å². The van der Waals surface area contributed by atoms with Gasteiger partial charge >= 0.3 is 37.7 Å². The van der Waals surface area contributed by atoms with E-state index in [4.69, 9.17) is 5.11 Å². The monoisotopic (exact) mass is 172 g/mol. The van der Waals surface area contributed by atoms with E-state index in [1.165, 1.54) is 0 Å². The molecule has 0 aromatic carbocycles. The van der Waals surface area contributed by atoms with E-state index in [0.717, 1.165) is 0 Å². The predicted octanol–water partition coefficient (Wildman–Crippen LogP) is -4.14. The molecule has 0 aliphatic rings. The summed E-state index contributed by atoms with van der Waals surface area (Å²) in [6, 6.07) is 0. The molecule has 0 fully saturated rings. The number of rotatable bonds is 3. The maximum Gasteiger partial charge on any atom is 2.00 e. The fourth-order valence-electron chi connectivity index (χ4n) is 0.241. The van der Waals surface area contributed by atoms with Crippen LogP contribution < -0.4 is 10.2 Å². The summed E-state index contributed by atoms with van der Waals surface area (Å²) in [6.07, 6.45) is -2.89. The summed E-state index contributed by atoms with van der Waals surface area (Å²) < 4.78 is 0. The topological polar surface area (TPSA) is 100 Å². The summed E-state index contributed by atoms with van der Waals surface area (Å²) in [7, 11) is 0. The average Bonchev–Trinajstić information content (AvgIpc) is 1.63. The molecule has 0 aliphatic heterocycles. The Bertz CT molecular complexity index is 134. The molecule has 1 N–H and O–H groups in total. The molecule has 0 radical (unpaired) electrons. The minimum atomic E-state index is -1.96. The third kappa shape index (κ3) is 6.28. The van der Waals surface area contributed by atoms with Crippen molar-refractivity contribution in [1.29, 1.82) is 0 Å². The number of hydrogen-bond donors (Lipinski definition) is 1. The zero-order chi connectivity index (χ0) is 7.44. The van der Waals surface area contributed by atoms with Crippen molar-refractivity contribution in [3.63, 3.8) is 0 Å². The summed E-state index contributed by atoms with van der Waals surface area (Å²) in [5.41, 5.74) is 0. The van der Waals surface area contributed by atoms with E-state index in [1.807, 2.05) is 0 Å². The van der Waals surface area contributed by atoms with E-state index in [-0.39, 0.29) is 37.7 Å². The van der Waals surface area contributed by atoms with Crippen molar-refractivity contribution >= 4 is 49.7 Å². The second-order valence-corrected chi connectivity index (χ2v) is 1.41. The Kier molecular flexibility index (Phi) is 7.56. The Morgan fingerprint density at radius 2 is 1.80 bits per heavy atom. The van der Waals surface area contributed by atoms with Gasteiger partial charge in [-0.15, -0.1) is 0 Å². The molecule has 6 heteroatoms. The Balaban J connectivity index is 0. The normalized spacial score (nSPS) is 11.3. The van der Waals surface area contributed by atoms with E-state index in [9.17, 15) is 19.8 Å². The second-order valence-electron chi connectivity index (χ2n) is 1.41. The van der Waals surface area contributed by atoms with Crippen molar-refractivity contribution in [2.45, 2.75) is 12.5 Å². The molecule has 0 rings (SSSR count). The molecule has 0 aliphatic carbocycles. The Morgan fingerprint density at radius 3 is 1.90 bits per heavy atom. The quantitative estimate of drug-likeness (QED) is 0.435. The number of hydrogen-bond acceptors (Lipinski definition) is 5. The minimum Gasteiger partial charge on any atom is -0.550 e. The van der Waals surface area contributed by atoms with Gasteiger partial charge in [0.1, 0.15) is 0 Å². The molecule has 0 bridgehead atoms. The molecule has 0 aromatic rings. The average molecular weight is 172 g/mol. The number of aliphatic hydroxyl groups is 1. The maximum atomic E-state index is 9.58. The summed E-state index contributed by atoms with van der Waals surface area (Å²) in [5, 5.41) is 27.3. The summed E-state index contributed by atoms with van der Waals surface area (Å²) in [6.45, 7) is 0. The van der Waals surface area contributed by atoms with Crippen LogP contribution in [0.25, 0.3) is 0 Å². The van der Waals surface area contributed by atoms with Crippen molar-refractivity contribution in [3.05, 3.63) is 0 Å². The fourth-order valence-corrected chi connectivity index (χ4v) is 0.241. The SMILES string of the molecule is O=C([O-])C[C@H](O)C(=O)[O-].[Ca+2]. The molecule has 0 aromatic heterocycles. The van der Waals surface area contributed by atoms with Gasteiger partial charge < -0.3 is 24.9 Å². The standard InChI is InChI=1S/C4H6O5.Ca/c5-2(4(8)9)1-3(6)7;/h2,5H,1H2,(H,6,7)(H,8,9);/q;+2/p-2/t2-;/m0./s1. The van der Waals surface area contributed by atoms with Crippen molar-refractivity contribution in [3.8, 4) is 0 Å². The van der Waals surface area contributed by atoms with E-state index < -0.39 is 24.5 Å². The van der Waals surface area contributed by atoms with Crippen molar-refractivity contribution in [2.24, 2.45) is 0 Å². The fraction of sp³-hybridized carbons (Fsp3) is 0.500. The zero-order valence-corrected chi connectivity index (χ0v) is 7.28. The Labute approximate surface area is 86.7 Å². The van der Waals surface area contributed by atoms with Crippen LogP contribution in [0.3, 0.4) is 0 Å². The molecule has 0 amide bonds. The van der Waals surface area contributed by atoms with Crippen LogP contribution in [0.1, 0.15) is 6.42 Å². The number of carboxylic acid groups (broad SMARTS) is 2.